The fourth-order valence-corrected chi connectivity index (χ4v) is 2.64. The van der Waals surface area contributed by atoms with Gasteiger partial charge in [0, 0.05) is 6.04 Å². The van der Waals surface area contributed by atoms with Crippen molar-refractivity contribution in [3.05, 3.63) is 12.7 Å². The number of halogens is 3. The lowest BCUT2D eigenvalue weighted by atomic mass is 9.74. The second-order valence-electron chi connectivity index (χ2n) is 4.42. The third kappa shape index (κ3) is 3.24. The Bertz CT molecular complexity index is 225. The molecule has 0 radical (unpaired) electrons. The van der Waals surface area contributed by atoms with E-state index in [4.69, 9.17) is 0 Å². The van der Waals surface area contributed by atoms with Gasteiger partial charge in [0.15, 0.2) is 0 Å². The maximum atomic E-state index is 12.9. The number of hydrogen-bond donors (Lipinski definition) is 1. The minimum Gasteiger partial charge on any atom is -0.311 e. The van der Waals surface area contributed by atoms with Crippen molar-refractivity contribution < 1.29 is 13.2 Å². The van der Waals surface area contributed by atoms with Crippen LogP contribution in [0.1, 0.15) is 32.6 Å². The number of likely N-dealkylation sites (N-methyl/N-ethyl adjacent to an activating group) is 1. The van der Waals surface area contributed by atoms with Gasteiger partial charge in [0.1, 0.15) is 0 Å². The van der Waals surface area contributed by atoms with Crippen LogP contribution in [0.15, 0.2) is 12.7 Å². The molecule has 0 aromatic heterocycles. The molecule has 0 bridgehead atoms. The monoisotopic (exact) mass is 235 g/mol. The van der Waals surface area contributed by atoms with Crippen molar-refractivity contribution in [2.24, 2.45) is 11.8 Å². The fraction of sp³-hybridized carbons (Fsp3) is 0.833. The van der Waals surface area contributed by atoms with E-state index in [0.29, 0.717) is 19.4 Å². The Labute approximate surface area is 95.1 Å². The van der Waals surface area contributed by atoms with Gasteiger partial charge in [-0.1, -0.05) is 25.8 Å². The largest absolute Gasteiger partial charge is 0.392 e. The van der Waals surface area contributed by atoms with Crippen LogP contribution in [0.3, 0.4) is 0 Å². The minimum atomic E-state index is -4.07. The molecule has 1 N–H and O–H groups in total. The summed E-state index contributed by atoms with van der Waals surface area (Å²) in [5.41, 5.74) is 0. The Morgan fingerprint density at radius 2 is 2.00 bits per heavy atom. The highest BCUT2D eigenvalue weighted by molar-refractivity contribution is 4.96. The summed E-state index contributed by atoms with van der Waals surface area (Å²) in [5.74, 6) is -1.51. The van der Waals surface area contributed by atoms with E-state index in [9.17, 15) is 13.2 Å². The van der Waals surface area contributed by atoms with Crippen LogP contribution in [0.25, 0.3) is 0 Å². The first-order valence-electron chi connectivity index (χ1n) is 5.93. The van der Waals surface area contributed by atoms with Gasteiger partial charge in [0.25, 0.3) is 0 Å². The number of rotatable bonds is 4. The lowest BCUT2D eigenvalue weighted by Gasteiger charge is -2.37. The van der Waals surface area contributed by atoms with Crippen molar-refractivity contribution in [3.63, 3.8) is 0 Å². The van der Waals surface area contributed by atoms with Crippen molar-refractivity contribution in [2.45, 2.75) is 44.8 Å². The molecule has 94 valence electrons. The molecule has 0 aromatic rings. The molecule has 4 heteroatoms. The van der Waals surface area contributed by atoms with Crippen molar-refractivity contribution >= 4 is 0 Å². The highest BCUT2D eigenvalue weighted by atomic mass is 19.4. The predicted octanol–water partition coefficient (Wildman–Crippen LogP) is 3.52. The molecule has 1 rings (SSSR count). The molecule has 16 heavy (non-hydrogen) atoms. The summed E-state index contributed by atoms with van der Waals surface area (Å²) in [7, 11) is 0. The second kappa shape index (κ2) is 5.71. The molecule has 1 nitrogen and oxygen atoms in total. The van der Waals surface area contributed by atoms with E-state index in [1.54, 1.807) is 6.08 Å². The van der Waals surface area contributed by atoms with Gasteiger partial charge in [-0.2, -0.15) is 13.2 Å². The summed E-state index contributed by atoms with van der Waals surface area (Å²) in [4.78, 5) is 0. The maximum Gasteiger partial charge on any atom is 0.392 e. The number of hydrogen-bond acceptors (Lipinski definition) is 1. The first-order valence-corrected chi connectivity index (χ1v) is 5.93. The predicted molar refractivity (Wildman–Crippen MR) is 59.2 cm³/mol. The lowest BCUT2D eigenvalue weighted by Crippen LogP contribution is -2.44. The van der Waals surface area contributed by atoms with E-state index >= 15 is 0 Å². The Morgan fingerprint density at radius 1 is 1.38 bits per heavy atom. The Hall–Kier alpha value is -0.510. The van der Waals surface area contributed by atoms with Crippen LogP contribution in [-0.4, -0.2) is 18.8 Å². The van der Waals surface area contributed by atoms with Gasteiger partial charge in [-0.05, 0) is 25.3 Å². The van der Waals surface area contributed by atoms with E-state index < -0.39 is 12.1 Å². The molecular formula is C12H20F3N. The standard InChI is InChI=1S/C12H20F3N/c1-3-11(16-4-2)9-7-5-6-8-10(9)12(13,14)15/h3,9-11,16H,1,4-8H2,2H3. The highest BCUT2D eigenvalue weighted by Crippen LogP contribution is 2.42. The van der Waals surface area contributed by atoms with E-state index in [1.807, 2.05) is 6.92 Å². The van der Waals surface area contributed by atoms with Crippen LogP contribution >= 0.6 is 0 Å². The zero-order valence-electron chi connectivity index (χ0n) is 9.69. The fourth-order valence-electron chi connectivity index (χ4n) is 2.64. The summed E-state index contributed by atoms with van der Waals surface area (Å²) in [6.45, 7) is 6.22. The quantitative estimate of drug-likeness (QED) is 0.735. The van der Waals surface area contributed by atoms with Crippen molar-refractivity contribution in [3.8, 4) is 0 Å². The van der Waals surface area contributed by atoms with Gasteiger partial charge in [-0.15, -0.1) is 6.58 Å². The first-order chi connectivity index (χ1) is 7.50. The summed E-state index contributed by atoms with van der Waals surface area (Å²) >= 11 is 0. The van der Waals surface area contributed by atoms with E-state index in [0.717, 1.165) is 6.42 Å². The van der Waals surface area contributed by atoms with Crippen LogP contribution in [0.4, 0.5) is 13.2 Å². The molecule has 0 heterocycles. The molecule has 0 aliphatic heterocycles. The number of nitrogens with one attached hydrogen (secondary N) is 1. The molecule has 1 aliphatic rings. The molecule has 0 spiro atoms. The van der Waals surface area contributed by atoms with Gasteiger partial charge >= 0.3 is 6.18 Å². The molecular weight excluding hydrogens is 215 g/mol. The van der Waals surface area contributed by atoms with Gasteiger partial charge in [0.2, 0.25) is 0 Å². The molecule has 1 aliphatic carbocycles. The molecule has 3 atom stereocenters. The van der Waals surface area contributed by atoms with Crippen LogP contribution < -0.4 is 5.32 Å². The zero-order chi connectivity index (χ0) is 12.2. The second-order valence-corrected chi connectivity index (χ2v) is 4.42. The zero-order valence-corrected chi connectivity index (χ0v) is 9.69. The van der Waals surface area contributed by atoms with Gasteiger partial charge in [-0.3, -0.25) is 0 Å². The normalized spacial score (nSPS) is 28.8. The third-order valence-electron chi connectivity index (χ3n) is 3.39. The molecule has 1 saturated carbocycles. The average Bonchev–Trinajstić information content (AvgIpc) is 2.25. The van der Waals surface area contributed by atoms with Gasteiger partial charge < -0.3 is 5.32 Å². The lowest BCUT2D eigenvalue weighted by molar-refractivity contribution is -0.198. The Kier molecular flexibility index (Phi) is 4.84. The molecule has 0 aromatic carbocycles. The molecule has 1 fully saturated rings. The van der Waals surface area contributed by atoms with Crippen LogP contribution in [0.5, 0.6) is 0 Å². The summed E-state index contributed by atoms with van der Waals surface area (Å²) < 4.78 is 38.6. The van der Waals surface area contributed by atoms with Gasteiger partial charge in [0.05, 0.1) is 5.92 Å². The Balaban J connectivity index is 2.76. The van der Waals surface area contributed by atoms with Crippen LogP contribution in [-0.2, 0) is 0 Å². The SMILES string of the molecule is C=CC(NCC)C1CCCCC1C(F)(F)F. The molecule has 3 unspecified atom stereocenters. The Morgan fingerprint density at radius 3 is 2.50 bits per heavy atom. The van der Waals surface area contributed by atoms with Crippen LogP contribution in [0, 0.1) is 11.8 Å². The average molecular weight is 235 g/mol. The van der Waals surface area contributed by atoms with Crippen molar-refractivity contribution in [1.29, 1.82) is 0 Å². The van der Waals surface area contributed by atoms with Gasteiger partial charge in [-0.25, -0.2) is 0 Å². The highest BCUT2D eigenvalue weighted by Gasteiger charge is 2.47. The summed E-state index contributed by atoms with van der Waals surface area (Å²) in [5, 5.41) is 3.09. The summed E-state index contributed by atoms with van der Waals surface area (Å²) in [6, 6.07) is -0.211. The molecule has 0 amide bonds. The van der Waals surface area contributed by atoms with Crippen molar-refractivity contribution in [2.75, 3.05) is 6.54 Å². The van der Waals surface area contributed by atoms with Crippen molar-refractivity contribution in [1.82, 2.24) is 5.32 Å². The number of alkyl halides is 3. The minimum absolute atomic E-state index is 0.211. The topological polar surface area (TPSA) is 12.0 Å². The van der Waals surface area contributed by atoms with Crippen LogP contribution in [0.2, 0.25) is 0 Å². The molecule has 0 saturated heterocycles. The maximum absolute atomic E-state index is 12.9. The smallest absolute Gasteiger partial charge is 0.311 e. The summed E-state index contributed by atoms with van der Waals surface area (Å²) in [6.07, 6.45) is 0.0569. The van der Waals surface area contributed by atoms with E-state index in [1.165, 1.54) is 0 Å². The third-order valence-corrected chi connectivity index (χ3v) is 3.39. The first kappa shape index (κ1) is 13.6. The van der Waals surface area contributed by atoms with E-state index in [-0.39, 0.29) is 18.4 Å². The van der Waals surface area contributed by atoms with E-state index in [2.05, 4.69) is 11.9 Å².